The number of allylic oxidation sites excluding steroid dienone is 1. The summed E-state index contributed by atoms with van der Waals surface area (Å²) < 4.78 is 6.62. The SMILES string of the molecule is CCOc1ccc(Br)cc1C=C(C#N)c1ccc2ccccc2c1. The van der Waals surface area contributed by atoms with Crippen LogP contribution in [0, 0.1) is 11.3 Å². The molecule has 118 valence electrons. The monoisotopic (exact) mass is 377 g/mol. The van der Waals surface area contributed by atoms with Crippen molar-refractivity contribution in [1.82, 2.24) is 0 Å². The molecule has 2 nitrogen and oxygen atoms in total. The van der Waals surface area contributed by atoms with E-state index in [-0.39, 0.29) is 0 Å². The zero-order chi connectivity index (χ0) is 16.9. The smallest absolute Gasteiger partial charge is 0.126 e. The molecule has 0 amide bonds. The molecule has 24 heavy (non-hydrogen) atoms. The van der Waals surface area contributed by atoms with Gasteiger partial charge in [0, 0.05) is 10.0 Å². The van der Waals surface area contributed by atoms with Crippen LogP contribution in [0.1, 0.15) is 18.1 Å². The van der Waals surface area contributed by atoms with Crippen LogP contribution in [0.2, 0.25) is 0 Å². The van der Waals surface area contributed by atoms with E-state index in [1.54, 1.807) is 0 Å². The molecule has 0 aliphatic heterocycles. The molecule has 0 aliphatic carbocycles. The second-order valence-corrected chi connectivity index (χ2v) is 6.26. The molecule has 0 aliphatic rings. The molecule has 0 N–H and O–H groups in total. The van der Waals surface area contributed by atoms with E-state index in [9.17, 15) is 5.26 Å². The Kier molecular flexibility index (Phi) is 4.98. The maximum Gasteiger partial charge on any atom is 0.126 e. The van der Waals surface area contributed by atoms with Gasteiger partial charge in [0.25, 0.3) is 0 Å². The number of nitrogens with zero attached hydrogens (tertiary/aromatic N) is 1. The highest BCUT2D eigenvalue weighted by molar-refractivity contribution is 9.10. The first-order valence-corrected chi connectivity index (χ1v) is 8.54. The normalized spacial score (nSPS) is 11.3. The second kappa shape index (κ2) is 7.33. The minimum atomic E-state index is 0.584. The summed E-state index contributed by atoms with van der Waals surface area (Å²) in [4.78, 5) is 0. The van der Waals surface area contributed by atoms with E-state index in [1.165, 1.54) is 0 Å². The lowest BCUT2D eigenvalue weighted by Crippen LogP contribution is -1.94. The highest BCUT2D eigenvalue weighted by Crippen LogP contribution is 2.29. The lowest BCUT2D eigenvalue weighted by atomic mass is 10.00. The highest BCUT2D eigenvalue weighted by Gasteiger charge is 2.07. The van der Waals surface area contributed by atoms with E-state index in [4.69, 9.17) is 4.74 Å². The topological polar surface area (TPSA) is 33.0 Å². The van der Waals surface area contributed by atoms with Gasteiger partial charge in [0.1, 0.15) is 5.75 Å². The van der Waals surface area contributed by atoms with Gasteiger partial charge in [0.2, 0.25) is 0 Å². The molecule has 3 heteroatoms. The number of hydrogen-bond donors (Lipinski definition) is 0. The number of halogens is 1. The lowest BCUT2D eigenvalue weighted by Gasteiger charge is -2.09. The molecular weight excluding hydrogens is 362 g/mol. The van der Waals surface area contributed by atoms with E-state index in [2.05, 4.69) is 34.1 Å². The van der Waals surface area contributed by atoms with Crippen LogP contribution in [0.3, 0.4) is 0 Å². The van der Waals surface area contributed by atoms with Crippen LogP contribution in [0.25, 0.3) is 22.4 Å². The number of nitriles is 1. The predicted octanol–water partition coefficient (Wildman–Crippen LogP) is 6.07. The van der Waals surface area contributed by atoms with Crippen molar-refractivity contribution in [2.24, 2.45) is 0 Å². The molecular formula is C21H16BrNO. The maximum atomic E-state index is 9.63. The number of rotatable bonds is 4. The molecule has 0 heterocycles. The van der Waals surface area contributed by atoms with E-state index < -0.39 is 0 Å². The molecule has 0 saturated heterocycles. The summed E-state index contributed by atoms with van der Waals surface area (Å²) in [6.07, 6.45) is 1.87. The summed E-state index contributed by atoms with van der Waals surface area (Å²) >= 11 is 3.48. The molecule has 3 rings (SSSR count). The Bertz CT molecular complexity index is 953. The molecule has 0 fully saturated rings. The minimum Gasteiger partial charge on any atom is -0.493 e. The average molecular weight is 378 g/mol. The van der Waals surface area contributed by atoms with Crippen molar-refractivity contribution in [1.29, 1.82) is 5.26 Å². The third-order valence-electron chi connectivity index (χ3n) is 3.75. The summed E-state index contributed by atoms with van der Waals surface area (Å²) in [5, 5.41) is 11.9. The summed E-state index contributed by atoms with van der Waals surface area (Å²) in [7, 11) is 0. The Balaban J connectivity index is 2.09. The summed E-state index contributed by atoms with van der Waals surface area (Å²) in [5.74, 6) is 0.772. The molecule has 0 radical (unpaired) electrons. The Labute approximate surface area is 150 Å². The van der Waals surface area contributed by atoms with Gasteiger partial charge in [0.15, 0.2) is 0 Å². The Morgan fingerprint density at radius 1 is 1.08 bits per heavy atom. The van der Waals surface area contributed by atoms with Crippen molar-refractivity contribution in [3.05, 3.63) is 76.3 Å². The van der Waals surface area contributed by atoms with Gasteiger partial charge in [-0.25, -0.2) is 0 Å². The first-order valence-electron chi connectivity index (χ1n) is 7.74. The van der Waals surface area contributed by atoms with Gasteiger partial charge in [-0.3, -0.25) is 0 Å². The lowest BCUT2D eigenvalue weighted by molar-refractivity contribution is 0.339. The number of hydrogen-bond acceptors (Lipinski definition) is 2. The standard InChI is InChI=1S/C21H16BrNO/c1-2-24-21-10-9-20(22)13-18(21)12-19(14-23)17-8-7-15-5-3-4-6-16(15)11-17/h3-13H,2H2,1H3. The number of fused-ring (bicyclic) bond motifs is 1. The maximum absolute atomic E-state index is 9.63. The third-order valence-corrected chi connectivity index (χ3v) is 4.25. The van der Waals surface area contributed by atoms with Crippen LogP contribution in [-0.4, -0.2) is 6.61 Å². The van der Waals surface area contributed by atoms with Crippen molar-refractivity contribution in [2.45, 2.75) is 6.92 Å². The van der Waals surface area contributed by atoms with Gasteiger partial charge >= 0.3 is 0 Å². The molecule has 0 saturated carbocycles. The minimum absolute atomic E-state index is 0.584. The zero-order valence-corrected chi connectivity index (χ0v) is 14.9. The molecule has 0 atom stereocenters. The first kappa shape index (κ1) is 16.3. The molecule has 3 aromatic rings. The van der Waals surface area contributed by atoms with Crippen LogP contribution in [0.4, 0.5) is 0 Å². The van der Waals surface area contributed by atoms with Gasteiger partial charge in [0.05, 0.1) is 18.2 Å². The van der Waals surface area contributed by atoms with E-state index >= 15 is 0 Å². The van der Waals surface area contributed by atoms with Gasteiger partial charge in [-0.1, -0.05) is 52.3 Å². The second-order valence-electron chi connectivity index (χ2n) is 5.35. The van der Waals surface area contributed by atoms with Crippen LogP contribution < -0.4 is 4.74 Å². The molecule has 0 bridgehead atoms. The predicted molar refractivity (Wildman–Crippen MR) is 103 cm³/mol. The zero-order valence-electron chi connectivity index (χ0n) is 13.3. The van der Waals surface area contributed by atoms with E-state index in [0.29, 0.717) is 12.2 Å². The van der Waals surface area contributed by atoms with Crippen molar-refractivity contribution in [3.63, 3.8) is 0 Å². The fourth-order valence-electron chi connectivity index (χ4n) is 2.61. The van der Waals surface area contributed by atoms with Crippen LogP contribution >= 0.6 is 15.9 Å². The third kappa shape index (κ3) is 3.50. The van der Waals surface area contributed by atoms with Gasteiger partial charge in [-0.2, -0.15) is 5.26 Å². The summed E-state index contributed by atoms with van der Waals surface area (Å²) in [5.41, 5.74) is 2.40. The van der Waals surface area contributed by atoms with Gasteiger partial charge in [-0.15, -0.1) is 0 Å². The largest absolute Gasteiger partial charge is 0.493 e. The van der Waals surface area contributed by atoms with Crippen LogP contribution in [0.5, 0.6) is 5.75 Å². The Morgan fingerprint density at radius 2 is 1.88 bits per heavy atom. The van der Waals surface area contributed by atoms with Crippen LogP contribution in [-0.2, 0) is 0 Å². The highest BCUT2D eigenvalue weighted by atomic mass is 79.9. The van der Waals surface area contributed by atoms with Crippen molar-refractivity contribution in [3.8, 4) is 11.8 Å². The average Bonchev–Trinajstić information content (AvgIpc) is 2.61. The first-order chi connectivity index (χ1) is 11.7. The summed E-state index contributed by atoms with van der Waals surface area (Å²) in [6, 6.07) is 22.3. The number of benzene rings is 3. The van der Waals surface area contributed by atoms with Crippen molar-refractivity contribution in [2.75, 3.05) is 6.61 Å². The van der Waals surface area contributed by atoms with Gasteiger partial charge in [-0.05, 0) is 53.6 Å². The fourth-order valence-corrected chi connectivity index (χ4v) is 2.99. The van der Waals surface area contributed by atoms with E-state index in [0.717, 1.165) is 32.1 Å². The van der Waals surface area contributed by atoms with Gasteiger partial charge < -0.3 is 4.74 Å². The van der Waals surface area contributed by atoms with Crippen molar-refractivity contribution < 1.29 is 4.74 Å². The molecule has 3 aromatic carbocycles. The summed E-state index contributed by atoms with van der Waals surface area (Å²) in [6.45, 7) is 2.53. The quantitative estimate of drug-likeness (QED) is 0.408. The molecule has 0 unspecified atom stereocenters. The molecule has 0 aromatic heterocycles. The van der Waals surface area contributed by atoms with Crippen molar-refractivity contribution >= 4 is 38.4 Å². The Hall–Kier alpha value is -2.57. The van der Waals surface area contributed by atoms with E-state index in [1.807, 2.05) is 61.5 Å². The Morgan fingerprint density at radius 3 is 2.62 bits per heavy atom. The number of ether oxygens (including phenoxy) is 1. The fraction of sp³-hybridized carbons (Fsp3) is 0.0952. The molecule has 0 spiro atoms. The van der Waals surface area contributed by atoms with Crippen LogP contribution in [0.15, 0.2) is 65.1 Å².